The van der Waals surface area contributed by atoms with Gasteiger partial charge in [-0.05, 0) is 32.8 Å². The van der Waals surface area contributed by atoms with Crippen molar-refractivity contribution in [3.63, 3.8) is 0 Å². The zero-order valence-electron chi connectivity index (χ0n) is 9.61. The van der Waals surface area contributed by atoms with Crippen LogP contribution in [0.5, 0.6) is 0 Å². The van der Waals surface area contributed by atoms with Crippen molar-refractivity contribution in [3.8, 4) is 0 Å². The maximum Gasteiger partial charge on any atom is 0.254 e. The van der Waals surface area contributed by atoms with E-state index >= 15 is 0 Å². The van der Waals surface area contributed by atoms with Crippen molar-refractivity contribution in [1.29, 1.82) is 0 Å². The molecule has 2 aromatic carbocycles. The SMILES string of the molecule is ClC[C@@H]1CO[C@@](Br)(c2ccc3ccccc3c2)O1. The summed E-state index contributed by atoms with van der Waals surface area (Å²) in [6, 6.07) is 14.3. The monoisotopic (exact) mass is 326 g/mol. The normalized spacial score (nSPS) is 27.8. The van der Waals surface area contributed by atoms with Crippen molar-refractivity contribution < 1.29 is 9.47 Å². The van der Waals surface area contributed by atoms with Gasteiger partial charge < -0.3 is 9.47 Å². The lowest BCUT2D eigenvalue weighted by Gasteiger charge is -2.21. The van der Waals surface area contributed by atoms with Crippen molar-refractivity contribution in [1.82, 2.24) is 0 Å². The third kappa shape index (κ3) is 2.16. The molecule has 0 saturated carbocycles. The predicted octanol–water partition coefficient (Wildman–Crippen LogP) is 4.00. The Balaban J connectivity index is 1.99. The number of halogens is 2. The first-order valence-electron chi connectivity index (χ1n) is 5.77. The largest absolute Gasteiger partial charge is 0.334 e. The molecular weight excluding hydrogens is 316 g/mol. The Labute approximate surface area is 119 Å². The molecule has 2 nitrogen and oxygen atoms in total. The molecule has 2 aromatic rings. The Morgan fingerprint density at radius 3 is 2.72 bits per heavy atom. The lowest BCUT2D eigenvalue weighted by Crippen LogP contribution is -2.20. The number of hydrogen-bond donors (Lipinski definition) is 0. The van der Waals surface area contributed by atoms with Gasteiger partial charge in [-0.2, -0.15) is 0 Å². The van der Waals surface area contributed by atoms with Crippen LogP contribution in [0.3, 0.4) is 0 Å². The Morgan fingerprint density at radius 2 is 2.00 bits per heavy atom. The Bertz CT molecular complexity index is 574. The van der Waals surface area contributed by atoms with Crippen LogP contribution >= 0.6 is 27.5 Å². The van der Waals surface area contributed by atoms with Crippen molar-refractivity contribution >= 4 is 38.3 Å². The summed E-state index contributed by atoms with van der Waals surface area (Å²) in [5.74, 6) is 0.431. The van der Waals surface area contributed by atoms with Crippen molar-refractivity contribution in [2.24, 2.45) is 0 Å². The second kappa shape index (κ2) is 4.82. The molecule has 0 aliphatic carbocycles. The fourth-order valence-electron chi connectivity index (χ4n) is 2.09. The summed E-state index contributed by atoms with van der Waals surface area (Å²) in [7, 11) is 0. The highest BCUT2D eigenvalue weighted by atomic mass is 79.9. The molecule has 1 saturated heterocycles. The fraction of sp³-hybridized carbons (Fsp3) is 0.286. The van der Waals surface area contributed by atoms with Gasteiger partial charge >= 0.3 is 0 Å². The maximum atomic E-state index is 5.80. The van der Waals surface area contributed by atoms with E-state index in [-0.39, 0.29) is 6.10 Å². The molecule has 1 aliphatic heterocycles. The van der Waals surface area contributed by atoms with Crippen molar-refractivity contribution in [3.05, 3.63) is 48.0 Å². The number of ether oxygens (including phenoxy) is 2. The zero-order chi connectivity index (χ0) is 12.6. The first-order chi connectivity index (χ1) is 8.71. The molecule has 1 fully saturated rings. The van der Waals surface area contributed by atoms with Gasteiger partial charge in [0.25, 0.3) is 4.70 Å². The molecule has 2 atom stereocenters. The highest BCUT2D eigenvalue weighted by molar-refractivity contribution is 9.09. The molecule has 4 heteroatoms. The van der Waals surface area contributed by atoms with Crippen molar-refractivity contribution in [2.75, 3.05) is 12.5 Å². The summed E-state index contributed by atoms with van der Waals surface area (Å²) in [6.45, 7) is 0.502. The van der Waals surface area contributed by atoms with Gasteiger partial charge in [0.1, 0.15) is 0 Å². The highest BCUT2D eigenvalue weighted by Crippen LogP contribution is 2.41. The maximum absolute atomic E-state index is 5.80. The summed E-state index contributed by atoms with van der Waals surface area (Å²) < 4.78 is 10.6. The van der Waals surface area contributed by atoms with Gasteiger partial charge in [-0.25, -0.2) is 0 Å². The van der Waals surface area contributed by atoms with Crippen LogP contribution < -0.4 is 0 Å². The fourth-order valence-corrected chi connectivity index (χ4v) is 2.88. The van der Waals surface area contributed by atoms with Crippen LogP contribution in [-0.4, -0.2) is 18.6 Å². The van der Waals surface area contributed by atoms with Crippen LogP contribution in [0.4, 0.5) is 0 Å². The highest BCUT2D eigenvalue weighted by Gasteiger charge is 2.40. The van der Waals surface area contributed by atoms with Gasteiger partial charge in [0.15, 0.2) is 0 Å². The van der Waals surface area contributed by atoms with Crippen LogP contribution in [0, 0.1) is 0 Å². The molecule has 3 rings (SSSR count). The molecule has 0 amide bonds. The van der Waals surface area contributed by atoms with Crippen LogP contribution in [-0.2, 0) is 14.2 Å². The number of hydrogen-bond acceptors (Lipinski definition) is 2. The van der Waals surface area contributed by atoms with Gasteiger partial charge in [0, 0.05) is 5.56 Å². The van der Waals surface area contributed by atoms with E-state index in [4.69, 9.17) is 21.1 Å². The minimum atomic E-state index is -0.864. The molecule has 0 N–H and O–H groups in total. The van der Waals surface area contributed by atoms with E-state index in [9.17, 15) is 0 Å². The predicted molar refractivity (Wildman–Crippen MR) is 76.1 cm³/mol. The van der Waals surface area contributed by atoms with E-state index in [0.717, 1.165) is 10.9 Å². The lowest BCUT2D eigenvalue weighted by atomic mass is 10.1. The molecule has 0 aromatic heterocycles. The molecule has 94 valence electrons. The van der Waals surface area contributed by atoms with Crippen LogP contribution in [0.1, 0.15) is 5.56 Å². The lowest BCUT2D eigenvalue weighted by molar-refractivity contribution is -0.0860. The molecular formula is C14H12BrClO2. The van der Waals surface area contributed by atoms with Crippen LogP contribution in [0.25, 0.3) is 10.8 Å². The average molecular weight is 328 g/mol. The van der Waals surface area contributed by atoms with E-state index in [1.807, 2.05) is 18.2 Å². The molecule has 1 aliphatic rings. The minimum Gasteiger partial charge on any atom is -0.334 e. The third-order valence-electron chi connectivity index (χ3n) is 3.04. The van der Waals surface area contributed by atoms with Crippen molar-refractivity contribution in [2.45, 2.75) is 10.8 Å². The number of rotatable bonds is 2. The molecule has 0 unspecified atom stereocenters. The van der Waals surface area contributed by atoms with E-state index in [2.05, 4.69) is 40.2 Å². The van der Waals surface area contributed by atoms with Crippen LogP contribution in [0.2, 0.25) is 0 Å². The average Bonchev–Trinajstić information content (AvgIpc) is 2.81. The smallest absolute Gasteiger partial charge is 0.254 e. The Morgan fingerprint density at radius 1 is 1.22 bits per heavy atom. The van der Waals surface area contributed by atoms with Gasteiger partial charge in [-0.3, -0.25) is 0 Å². The number of benzene rings is 2. The summed E-state index contributed by atoms with van der Waals surface area (Å²) in [6.07, 6.45) is -0.0717. The second-order valence-electron chi connectivity index (χ2n) is 4.30. The molecule has 18 heavy (non-hydrogen) atoms. The Kier molecular flexibility index (Phi) is 3.32. The topological polar surface area (TPSA) is 18.5 Å². The molecule has 1 heterocycles. The van der Waals surface area contributed by atoms with Gasteiger partial charge in [0.2, 0.25) is 0 Å². The number of alkyl halides is 2. The van der Waals surface area contributed by atoms with E-state index in [1.165, 1.54) is 5.39 Å². The first kappa shape index (κ1) is 12.4. The summed E-state index contributed by atoms with van der Waals surface area (Å²) >= 11 is 9.31. The van der Waals surface area contributed by atoms with E-state index < -0.39 is 4.70 Å². The van der Waals surface area contributed by atoms with Crippen LogP contribution in [0.15, 0.2) is 42.5 Å². The second-order valence-corrected chi connectivity index (χ2v) is 5.66. The molecule has 0 radical (unpaired) electrons. The summed E-state index contributed by atoms with van der Waals surface area (Å²) in [5, 5.41) is 2.36. The summed E-state index contributed by atoms with van der Waals surface area (Å²) in [5.41, 5.74) is 0.953. The van der Waals surface area contributed by atoms with Gasteiger partial charge in [-0.1, -0.05) is 36.4 Å². The van der Waals surface area contributed by atoms with Gasteiger partial charge in [-0.15, -0.1) is 11.6 Å². The standard InChI is InChI=1S/C14H12BrClO2/c15-14(17-9-13(8-16)18-14)12-6-5-10-3-1-2-4-11(10)7-12/h1-7,13H,8-9H2/t13-,14+/m1/s1. The zero-order valence-corrected chi connectivity index (χ0v) is 11.9. The van der Waals surface area contributed by atoms with E-state index in [1.54, 1.807) is 0 Å². The Hall–Kier alpha value is -0.610. The van der Waals surface area contributed by atoms with Gasteiger partial charge in [0.05, 0.1) is 18.6 Å². The quantitative estimate of drug-likeness (QED) is 0.776. The first-order valence-corrected chi connectivity index (χ1v) is 7.10. The number of fused-ring (bicyclic) bond motifs is 1. The molecule has 0 bridgehead atoms. The third-order valence-corrected chi connectivity index (χ3v) is 4.26. The summed E-state index contributed by atoms with van der Waals surface area (Å²) in [4.78, 5) is 0. The minimum absolute atomic E-state index is 0.0717. The molecule has 0 spiro atoms. The van der Waals surface area contributed by atoms with E-state index in [0.29, 0.717) is 12.5 Å².